The van der Waals surface area contributed by atoms with Gasteiger partial charge in [0.25, 0.3) is 5.56 Å². The molecule has 3 aromatic heterocycles. The molecular weight excluding hydrogens is 492 g/mol. The number of ether oxygens (including phenoxy) is 2. The number of methoxy groups -OCH3 is 1. The standard InChI is InChI=1S/C24H19F2N5O4S/c1-29-11-13-9-14(5-7-16(13)28-29)30-22(32)19-20(27-21(36-19)12-3-4-12)31(24(30)33)17-8-6-15(35-23(25)26)10-18(17)34-2/h5-12,23H,3-4H2,1-2H3. The molecule has 12 heteroatoms. The van der Waals surface area contributed by atoms with Gasteiger partial charge < -0.3 is 9.47 Å². The zero-order valence-corrected chi connectivity index (χ0v) is 20.0. The van der Waals surface area contributed by atoms with Crippen molar-refractivity contribution < 1.29 is 18.3 Å². The zero-order chi connectivity index (χ0) is 25.1. The number of alkyl halides is 2. The Labute approximate surface area is 205 Å². The van der Waals surface area contributed by atoms with Gasteiger partial charge >= 0.3 is 12.3 Å². The van der Waals surface area contributed by atoms with Gasteiger partial charge in [0.05, 0.1) is 29.0 Å². The molecule has 2 aromatic carbocycles. The molecule has 9 nitrogen and oxygen atoms in total. The van der Waals surface area contributed by atoms with Crippen molar-refractivity contribution in [2.45, 2.75) is 25.4 Å². The summed E-state index contributed by atoms with van der Waals surface area (Å²) in [7, 11) is 3.14. The molecule has 0 N–H and O–H groups in total. The molecular formula is C24H19F2N5O4S. The summed E-state index contributed by atoms with van der Waals surface area (Å²) in [5, 5.41) is 5.90. The molecule has 1 saturated carbocycles. The second-order valence-corrected chi connectivity index (χ2v) is 9.53. The van der Waals surface area contributed by atoms with E-state index in [1.807, 2.05) is 0 Å². The first-order valence-corrected chi connectivity index (χ1v) is 11.9. The lowest BCUT2D eigenvalue weighted by Crippen LogP contribution is -2.38. The van der Waals surface area contributed by atoms with Crippen molar-refractivity contribution in [3.63, 3.8) is 0 Å². The number of rotatable bonds is 6. The Balaban J connectivity index is 1.65. The molecule has 36 heavy (non-hydrogen) atoms. The molecule has 1 aliphatic carbocycles. The van der Waals surface area contributed by atoms with Crippen LogP contribution in [0.3, 0.4) is 0 Å². The minimum atomic E-state index is -3.01. The highest BCUT2D eigenvalue weighted by Gasteiger charge is 2.30. The summed E-state index contributed by atoms with van der Waals surface area (Å²) in [5.74, 6) is 0.252. The second-order valence-electron chi connectivity index (χ2n) is 8.50. The average molecular weight is 512 g/mol. The Morgan fingerprint density at radius 2 is 1.92 bits per heavy atom. The maximum atomic E-state index is 13.9. The topological polar surface area (TPSA) is 93.2 Å². The van der Waals surface area contributed by atoms with Gasteiger partial charge in [0.2, 0.25) is 0 Å². The molecule has 5 aromatic rings. The molecule has 1 aliphatic rings. The number of aromatic nitrogens is 5. The van der Waals surface area contributed by atoms with E-state index >= 15 is 0 Å². The van der Waals surface area contributed by atoms with Crippen LogP contribution in [0.1, 0.15) is 23.8 Å². The predicted octanol–water partition coefficient (Wildman–Crippen LogP) is 3.97. The van der Waals surface area contributed by atoms with Crippen molar-refractivity contribution in [3.05, 3.63) is 68.4 Å². The summed E-state index contributed by atoms with van der Waals surface area (Å²) in [6.45, 7) is -3.01. The first kappa shape index (κ1) is 22.4. The molecule has 0 unspecified atom stereocenters. The van der Waals surface area contributed by atoms with Crippen LogP contribution in [-0.4, -0.2) is 37.6 Å². The summed E-state index contributed by atoms with van der Waals surface area (Å²) < 4.78 is 39.8. The van der Waals surface area contributed by atoms with Crippen LogP contribution >= 0.6 is 11.3 Å². The minimum Gasteiger partial charge on any atom is -0.494 e. The molecule has 1 fully saturated rings. The van der Waals surface area contributed by atoms with E-state index in [1.165, 1.54) is 41.2 Å². The molecule has 0 atom stereocenters. The normalized spacial score (nSPS) is 13.7. The molecule has 184 valence electrons. The van der Waals surface area contributed by atoms with Crippen LogP contribution in [0.5, 0.6) is 11.5 Å². The highest BCUT2D eigenvalue weighted by Crippen LogP contribution is 2.43. The van der Waals surface area contributed by atoms with Gasteiger partial charge in [-0.1, -0.05) is 0 Å². The third-order valence-electron chi connectivity index (χ3n) is 6.02. The van der Waals surface area contributed by atoms with E-state index in [1.54, 1.807) is 36.1 Å². The van der Waals surface area contributed by atoms with E-state index in [0.717, 1.165) is 33.3 Å². The van der Waals surface area contributed by atoms with Gasteiger partial charge in [-0.05, 0) is 43.2 Å². The van der Waals surface area contributed by atoms with Crippen molar-refractivity contribution >= 4 is 32.6 Å². The summed E-state index contributed by atoms with van der Waals surface area (Å²) in [6, 6.07) is 9.14. The monoisotopic (exact) mass is 511 g/mol. The van der Waals surface area contributed by atoms with Gasteiger partial charge in [-0.25, -0.2) is 18.9 Å². The Morgan fingerprint density at radius 1 is 1.11 bits per heavy atom. The van der Waals surface area contributed by atoms with Crippen LogP contribution in [0.15, 0.2) is 52.2 Å². The lowest BCUT2D eigenvalue weighted by atomic mass is 10.2. The Morgan fingerprint density at radius 3 is 2.64 bits per heavy atom. The Bertz CT molecular complexity index is 1770. The van der Waals surface area contributed by atoms with Crippen molar-refractivity contribution in [1.29, 1.82) is 0 Å². The fourth-order valence-corrected chi connectivity index (χ4v) is 5.39. The van der Waals surface area contributed by atoms with Crippen LogP contribution in [0.2, 0.25) is 0 Å². The molecule has 0 spiro atoms. The second kappa shape index (κ2) is 8.26. The van der Waals surface area contributed by atoms with Gasteiger partial charge in [-0.3, -0.25) is 9.48 Å². The molecule has 0 radical (unpaired) electrons. The maximum absolute atomic E-state index is 13.9. The van der Waals surface area contributed by atoms with E-state index in [9.17, 15) is 18.4 Å². The molecule has 0 aliphatic heterocycles. The Hall–Kier alpha value is -4.06. The van der Waals surface area contributed by atoms with Gasteiger partial charge in [0.1, 0.15) is 16.2 Å². The number of nitrogens with zero attached hydrogens (tertiary/aromatic N) is 5. The third-order valence-corrected chi connectivity index (χ3v) is 7.22. The van der Waals surface area contributed by atoms with Crippen molar-refractivity contribution in [3.8, 4) is 22.9 Å². The first-order valence-electron chi connectivity index (χ1n) is 11.1. The number of thiazole rings is 1. The third kappa shape index (κ3) is 3.65. The lowest BCUT2D eigenvalue weighted by molar-refractivity contribution is -0.0499. The van der Waals surface area contributed by atoms with Crippen LogP contribution in [0, 0.1) is 0 Å². The largest absolute Gasteiger partial charge is 0.494 e. The van der Waals surface area contributed by atoms with Gasteiger partial charge in [-0.15, -0.1) is 11.3 Å². The zero-order valence-electron chi connectivity index (χ0n) is 19.1. The van der Waals surface area contributed by atoms with E-state index < -0.39 is 17.9 Å². The van der Waals surface area contributed by atoms with Crippen molar-refractivity contribution in [2.24, 2.45) is 7.05 Å². The fourth-order valence-electron chi connectivity index (χ4n) is 4.24. The van der Waals surface area contributed by atoms with Crippen LogP contribution in [-0.2, 0) is 7.05 Å². The van der Waals surface area contributed by atoms with Crippen molar-refractivity contribution in [2.75, 3.05) is 7.11 Å². The van der Waals surface area contributed by atoms with Gasteiger partial charge in [-0.2, -0.15) is 13.9 Å². The van der Waals surface area contributed by atoms with Crippen molar-refractivity contribution in [1.82, 2.24) is 23.9 Å². The van der Waals surface area contributed by atoms with E-state index in [-0.39, 0.29) is 28.8 Å². The Kier molecular flexibility index (Phi) is 5.14. The van der Waals surface area contributed by atoms with Crippen LogP contribution < -0.4 is 20.7 Å². The van der Waals surface area contributed by atoms with Crippen LogP contribution in [0.4, 0.5) is 8.78 Å². The SMILES string of the molecule is COc1cc(OC(F)F)ccc1-n1c(=O)n(-c2ccc3nn(C)cc3c2)c(=O)c2sc(C3CC3)nc21. The number of hydrogen-bond acceptors (Lipinski definition) is 7. The van der Waals surface area contributed by atoms with Gasteiger partial charge in [0, 0.05) is 30.6 Å². The predicted molar refractivity (Wildman–Crippen MR) is 130 cm³/mol. The fraction of sp³-hybridized carbons (Fsp3) is 0.250. The minimum absolute atomic E-state index is 0.116. The highest BCUT2D eigenvalue weighted by atomic mass is 32.1. The van der Waals surface area contributed by atoms with E-state index in [2.05, 4.69) is 14.8 Å². The smallest absolute Gasteiger partial charge is 0.387 e. The molecule has 0 saturated heterocycles. The van der Waals surface area contributed by atoms with Gasteiger partial charge in [0.15, 0.2) is 5.65 Å². The summed E-state index contributed by atoms with van der Waals surface area (Å²) in [5.41, 5.74) is 0.411. The quantitative estimate of drug-likeness (QED) is 0.343. The van der Waals surface area contributed by atoms with Crippen LogP contribution in [0.25, 0.3) is 32.6 Å². The molecule has 0 amide bonds. The number of hydrogen-bond donors (Lipinski definition) is 0. The highest BCUT2D eigenvalue weighted by molar-refractivity contribution is 7.18. The average Bonchev–Trinajstić information content (AvgIpc) is 3.48. The number of fused-ring (bicyclic) bond motifs is 2. The first-order chi connectivity index (χ1) is 17.3. The summed E-state index contributed by atoms with van der Waals surface area (Å²) in [6.07, 6.45) is 3.74. The number of halogens is 2. The summed E-state index contributed by atoms with van der Waals surface area (Å²) >= 11 is 1.27. The number of benzene rings is 2. The van der Waals surface area contributed by atoms with E-state index in [4.69, 9.17) is 4.74 Å². The maximum Gasteiger partial charge on any atom is 0.387 e. The molecule has 0 bridgehead atoms. The lowest BCUT2D eigenvalue weighted by Gasteiger charge is -2.15. The molecule has 3 heterocycles. The van der Waals surface area contributed by atoms with E-state index in [0.29, 0.717) is 10.4 Å². The molecule has 6 rings (SSSR count). The summed E-state index contributed by atoms with van der Waals surface area (Å²) in [4.78, 5) is 32.2. The number of aryl methyl sites for hydroxylation is 1.